The number of hydrogen-bond acceptors (Lipinski definition) is 3. The SMILES string of the molecule is Cc1ccc(C2CC23C(=O)Nc2cc(Cl)c(-c4cccc(-c5ccccc5O)c4)cc23)cc1C(=O)O. The first-order valence-corrected chi connectivity index (χ1v) is 12.1. The molecule has 1 fully saturated rings. The average Bonchev–Trinajstić information content (AvgIpc) is 3.55. The Balaban J connectivity index is 1.43. The number of carboxylic acid groups (broad SMARTS) is 1. The molecule has 3 N–H and O–H groups in total. The fourth-order valence-corrected chi connectivity index (χ4v) is 5.77. The molecular formula is C30H22ClNO4. The molecule has 1 amide bonds. The van der Waals surface area contributed by atoms with Crippen LogP contribution < -0.4 is 5.32 Å². The Morgan fingerprint density at radius 3 is 2.47 bits per heavy atom. The molecule has 0 radical (unpaired) electrons. The van der Waals surface area contributed by atoms with Gasteiger partial charge in [-0.1, -0.05) is 60.1 Å². The van der Waals surface area contributed by atoms with Crippen LogP contribution in [-0.4, -0.2) is 22.1 Å². The van der Waals surface area contributed by atoms with Gasteiger partial charge in [-0.05, 0) is 71.5 Å². The van der Waals surface area contributed by atoms with Crippen LogP contribution in [-0.2, 0) is 10.2 Å². The summed E-state index contributed by atoms with van der Waals surface area (Å²) in [6.07, 6.45) is 0.604. The number of aryl methyl sites for hydroxylation is 1. The van der Waals surface area contributed by atoms with Crippen molar-refractivity contribution in [2.24, 2.45) is 0 Å². The molecule has 5 nitrogen and oxygen atoms in total. The van der Waals surface area contributed by atoms with Gasteiger partial charge in [0.2, 0.25) is 5.91 Å². The maximum absolute atomic E-state index is 13.2. The number of phenols is 1. The van der Waals surface area contributed by atoms with E-state index in [-0.39, 0.29) is 23.1 Å². The molecule has 1 saturated carbocycles. The molecule has 36 heavy (non-hydrogen) atoms. The third-order valence-electron chi connectivity index (χ3n) is 7.49. The number of phenolic OH excluding ortho intramolecular Hbond substituents is 1. The highest BCUT2D eigenvalue weighted by Gasteiger charge is 2.65. The Labute approximate surface area is 213 Å². The van der Waals surface area contributed by atoms with Gasteiger partial charge in [0.15, 0.2) is 0 Å². The molecule has 6 heteroatoms. The summed E-state index contributed by atoms with van der Waals surface area (Å²) >= 11 is 6.69. The number of carboxylic acids is 1. The van der Waals surface area contributed by atoms with E-state index in [1.807, 2.05) is 48.5 Å². The minimum absolute atomic E-state index is 0.0869. The maximum Gasteiger partial charge on any atom is 0.335 e. The summed E-state index contributed by atoms with van der Waals surface area (Å²) in [6, 6.07) is 24.1. The molecule has 2 aliphatic rings. The number of anilines is 1. The Bertz CT molecular complexity index is 1590. The number of fused-ring (bicyclic) bond motifs is 2. The van der Waals surface area contributed by atoms with Crippen LogP contribution in [0, 0.1) is 6.92 Å². The number of amides is 1. The fourth-order valence-electron chi connectivity index (χ4n) is 5.50. The molecule has 0 bridgehead atoms. The van der Waals surface area contributed by atoms with Crippen LogP contribution in [0.3, 0.4) is 0 Å². The van der Waals surface area contributed by atoms with E-state index in [0.717, 1.165) is 33.4 Å². The van der Waals surface area contributed by atoms with Gasteiger partial charge in [0.05, 0.1) is 16.0 Å². The molecule has 4 aromatic carbocycles. The first-order chi connectivity index (χ1) is 17.3. The van der Waals surface area contributed by atoms with Crippen molar-refractivity contribution in [1.82, 2.24) is 0 Å². The second-order valence-corrected chi connectivity index (χ2v) is 9.94. The van der Waals surface area contributed by atoms with E-state index in [4.69, 9.17) is 11.6 Å². The Morgan fingerprint density at radius 1 is 0.972 bits per heavy atom. The molecule has 2 unspecified atom stereocenters. The minimum atomic E-state index is -0.973. The number of aromatic carboxylic acids is 1. The molecule has 4 aromatic rings. The van der Waals surface area contributed by atoms with Crippen molar-refractivity contribution in [3.63, 3.8) is 0 Å². The highest BCUT2D eigenvalue weighted by Crippen LogP contribution is 2.65. The number of hydrogen-bond donors (Lipinski definition) is 3. The molecular weight excluding hydrogens is 474 g/mol. The summed E-state index contributed by atoms with van der Waals surface area (Å²) in [5.74, 6) is -0.975. The molecule has 1 aliphatic heterocycles. The summed E-state index contributed by atoms with van der Waals surface area (Å²) in [4.78, 5) is 24.9. The summed E-state index contributed by atoms with van der Waals surface area (Å²) in [6.45, 7) is 1.77. The summed E-state index contributed by atoms with van der Waals surface area (Å²) in [5, 5.41) is 23.4. The topological polar surface area (TPSA) is 86.6 Å². The lowest BCUT2D eigenvalue weighted by molar-refractivity contribution is -0.118. The van der Waals surface area contributed by atoms with E-state index in [9.17, 15) is 19.8 Å². The summed E-state index contributed by atoms with van der Waals surface area (Å²) < 4.78 is 0. The van der Waals surface area contributed by atoms with E-state index >= 15 is 0 Å². The lowest BCUT2D eigenvalue weighted by Gasteiger charge is -2.14. The lowest BCUT2D eigenvalue weighted by atomic mass is 9.88. The maximum atomic E-state index is 13.2. The van der Waals surface area contributed by atoms with Crippen molar-refractivity contribution in [1.29, 1.82) is 0 Å². The molecule has 0 saturated heterocycles. The van der Waals surface area contributed by atoms with Crippen LogP contribution in [0.4, 0.5) is 5.69 Å². The number of carbonyl (C=O) groups is 2. The highest BCUT2D eigenvalue weighted by molar-refractivity contribution is 6.34. The molecule has 0 aromatic heterocycles. The third-order valence-corrected chi connectivity index (χ3v) is 7.80. The molecule has 2 atom stereocenters. The zero-order chi connectivity index (χ0) is 25.2. The Morgan fingerprint density at radius 2 is 1.72 bits per heavy atom. The van der Waals surface area contributed by atoms with Crippen LogP contribution in [0.2, 0.25) is 5.02 Å². The van der Waals surface area contributed by atoms with Crippen LogP contribution in [0.1, 0.15) is 39.4 Å². The van der Waals surface area contributed by atoms with Gasteiger partial charge < -0.3 is 15.5 Å². The monoisotopic (exact) mass is 495 g/mol. The molecule has 1 spiro atoms. The standard InChI is InChI=1S/C30H22ClNO4/c1-16-9-10-19(12-21(16)28(34)35)24-15-30(24)23-13-22(25(31)14-26(23)32-29(30)36)18-6-4-5-17(11-18)20-7-2-3-8-27(20)33/h2-14,24,33H,15H2,1H3,(H,32,36)(H,34,35). The van der Waals surface area contributed by atoms with Gasteiger partial charge in [-0.15, -0.1) is 0 Å². The van der Waals surface area contributed by atoms with Crippen molar-refractivity contribution in [2.75, 3.05) is 5.32 Å². The molecule has 178 valence electrons. The lowest BCUT2D eigenvalue weighted by Crippen LogP contribution is -2.21. The van der Waals surface area contributed by atoms with Gasteiger partial charge in [0, 0.05) is 22.7 Å². The molecule has 1 heterocycles. The number of benzene rings is 4. The first-order valence-electron chi connectivity index (χ1n) is 11.7. The van der Waals surface area contributed by atoms with Crippen molar-refractivity contribution in [3.05, 3.63) is 106 Å². The minimum Gasteiger partial charge on any atom is -0.507 e. The number of aromatic hydroxyl groups is 1. The van der Waals surface area contributed by atoms with Crippen molar-refractivity contribution in [2.45, 2.75) is 24.7 Å². The van der Waals surface area contributed by atoms with E-state index in [2.05, 4.69) is 5.32 Å². The van der Waals surface area contributed by atoms with E-state index in [1.165, 1.54) is 0 Å². The highest BCUT2D eigenvalue weighted by atomic mass is 35.5. The second kappa shape index (κ2) is 7.97. The molecule has 6 rings (SSSR count). The predicted molar refractivity (Wildman–Crippen MR) is 140 cm³/mol. The van der Waals surface area contributed by atoms with Crippen LogP contribution >= 0.6 is 11.6 Å². The fraction of sp³-hybridized carbons (Fsp3) is 0.133. The Kier molecular flexibility index (Phi) is 4.95. The van der Waals surface area contributed by atoms with Gasteiger partial charge in [-0.3, -0.25) is 4.79 Å². The van der Waals surface area contributed by atoms with E-state index in [1.54, 1.807) is 37.3 Å². The molecule has 1 aliphatic carbocycles. The van der Waals surface area contributed by atoms with Crippen LogP contribution in [0.25, 0.3) is 22.3 Å². The van der Waals surface area contributed by atoms with Crippen molar-refractivity contribution >= 4 is 29.2 Å². The average molecular weight is 496 g/mol. The van der Waals surface area contributed by atoms with Crippen molar-refractivity contribution < 1.29 is 19.8 Å². The van der Waals surface area contributed by atoms with E-state index in [0.29, 0.717) is 22.7 Å². The summed E-state index contributed by atoms with van der Waals surface area (Å²) in [7, 11) is 0. The second-order valence-electron chi connectivity index (χ2n) is 9.54. The first kappa shape index (κ1) is 22.4. The number of para-hydroxylation sites is 1. The number of nitrogens with one attached hydrogen (secondary N) is 1. The number of halogens is 1. The number of rotatable bonds is 4. The number of carbonyl (C=O) groups excluding carboxylic acids is 1. The van der Waals surface area contributed by atoms with E-state index < -0.39 is 11.4 Å². The quantitative estimate of drug-likeness (QED) is 0.292. The van der Waals surface area contributed by atoms with Gasteiger partial charge >= 0.3 is 5.97 Å². The normalized spacial score (nSPS) is 19.7. The zero-order valence-electron chi connectivity index (χ0n) is 19.4. The van der Waals surface area contributed by atoms with Gasteiger partial charge in [0.25, 0.3) is 0 Å². The predicted octanol–water partition coefficient (Wildman–Crippen LogP) is 6.76. The smallest absolute Gasteiger partial charge is 0.335 e. The van der Waals surface area contributed by atoms with Gasteiger partial charge in [-0.25, -0.2) is 4.79 Å². The van der Waals surface area contributed by atoms with Gasteiger partial charge in [0.1, 0.15) is 5.75 Å². The third kappa shape index (κ3) is 3.31. The largest absolute Gasteiger partial charge is 0.507 e. The van der Waals surface area contributed by atoms with Crippen LogP contribution in [0.15, 0.2) is 78.9 Å². The summed E-state index contributed by atoms with van der Waals surface area (Å²) in [5.41, 5.74) is 5.87. The van der Waals surface area contributed by atoms with Crippen LogP contribution in [0.5, 0.6) is 5.75 Å². The zero-order valence-corrected chi connectivity index (χ0v) is 20.1. The van der Waals surface area contributed by atoms with Gasteiger partial charge in [-0.2, -0.15) is 0 Å². The Hall–Kier alpha value is -4.09. The van der Waals surface area contributed by atoms with Crippen molar-refractivity contribution in [3.8, 4) is 28.0 Å².